The van der Waals surface area contributed by atoms with E-state index in [1.807, 2.05) is 0 Å². The van der Waals surface area contributed by atoms with Crippen LogP contribution < -0.4 is 5.32 Å². The van der Waals surface area contributed by atoms with Crippen LogP contribution in [0.1, 0.15) is 47.0 Å². The smallest absolute Gasteiger partial charge is 0.00449 e. The van der Waals surface area contributed by atoms with E-state index in [1.165, 1.54) is 38.9 Å². The molecule has 1 aliphatic carbocycles. The van der Waals surface area contributed by atoms with Crippen LogP contribution in [0.3, 0.4) is 0 Å². The van der Waals surface area contributed by atoms with Crippen molar-refractivity contribution in [2.75, 3.05) is 32.7 Å². The predicted molar refractivity (Wildman–Crippen MR) is 71.8 cm³/mol. The molecule has 0 aromatic carbocycles. The Hall–Kier alpha value is -0.0800. The summed E-state index contributed by atoms with van der Waals surface area (Å²) in [7, 11) is 0. The summed E-state index contributed by atoms with van der Waals surface area (Å²) in [6, 6.07) is 0. The van der Waals surface area contributed by atoms with E-state index in [4.69, 9.17) is 0 Å². The Morgan fingerprint density at radius 3 is 2.44 bits per heavy atom. The van der Waals surface area contributed by atoms with Crippen LogP contribution >= 0.6 is 0 Å². The van der Waals surface area contributed by atoms with Gasteiger partial charge in [0.25, 0.3) is 0 Å². The van der Waals surface area contributed by atoms with Crippen molar-refractivity contribution in [1.29, 1.82) is 0 Å². The highest BCUT2D eigenvalue weighted by molar-refractivity contribution is 4.81. The summed E-state index contributed by atoms with van der Waals surface area (Å²) in [5.41, 5.74) is 0.403. The van der Waals surface area contributed by atoms with Gasteiger partial charge in [-0.25, -0.2) is 0 Å². The zero-order valence-corrected chi connectivity index (χ0v) is 11.7. The van der Waals surface area contributed by atoms with Crippen LogP contribution in [0.25, 0.3) is 0 Å². The second-order valence-corrected chi connectivity index (χ2v) is 6.12. The number of nitrogens with zero attached hydrogens (tertiary/aromatic N) is 1. The molecule has 0 bridgehead atoms. The van der Waals surface area contributed by atoms with Crippen LogP contribution in [-0.2, 0) is 0 Å². The van der Waals surface area contributed by atoms with Crippen molar-refractivity contribution in [3.8, 4) is 0 Å². The van der Waals surface area contributed by atoms with Crippen LogP contribution in [0.2, 0.25) is 0 Å². The van der Waals surface area contributed by atoms with E-state index in [0.717, 1.165) is 19.0 Å². The molecule has 1 aliphatic rings. The van der Waals surface area contributed by atoms with E-state index in [9.17, 15) is 0 Å². The highest BCUT2D eigenvalue weighted by Crippen LogP contribution is 2.30. The Labute approximate surface area is 102 Å². The second-order valence-electron chi connectivity index (χ2n) is 6.12. The summed E-state index contributed by atoms with van der Waals surface area (Å²) in [6.07, 6.45) is 4.21. The molecular weight excluding hydrogens is 196 g/mol. The van der Waals surface area contributed by atoms with Gasteiger partial charge in [-0.15, -0.1) is 0 Å². The van der Waals surface area contributed by atoms with Crippen LogP contribution in [0.4, 0.5) is 0 Å². The van der Waals surface area contributed by atoms with Gasteiger partial charge in [-0.3, -0.25) is 0 Å². The SMILES string of the molecule is CCCN(CC1CC1)CC(C)(C)CNCC. The average Bonchev–Trinajstić information content (AvgIpc) is 2.98. The van der Waals surface area contributed by atoms with E-state index in [1.54, 1.807) is 0 Å². The molecule has 0 heterocycles. The van der Waals surface area contributed by atoms with Gasteiger partial charge in [0.2, 0.25) is 0 Å². The molecule has 0 aromatic rings. The van der Waals surface area contributed by atoms with Gasteiger partial charge in [-0.1, -0.05) is 27.7 Å². The normalized spacial score (nSPS) is 17.1. The van der Waals surface area contributed by atoms with Crippen molar-refractivity contribution in [3.63, 3.8) is 0 Å². The highest BCUT2D eigenvalue weighted by atomic mass is 15.1. The molecule has 0 radical (unpaired) electrons. The summed E-state index contributed by atoms with van der Waals surface area (Å²) in [4.78, 5) is 2.68. The van der Waals surface area contributed by atoms with Crippen LogP contribution in [0.5, 0.6) is 0 Å². The minimum absolute atomic E-state index is 0.403. The lowest BCUT2D eigenvalue weighted by molar-refractivity contribution is 0.169. The molecular formula is C14H30N2. The zero-order valence-electron chi connectivity index (χ0n) is 11.7. The molecule has 0 unspecified atom stereocenters. The Bertz CT molecular complexity index is 185. The second kappa shape index (κ2) is 6.61. The van der Waals surface area contributed by atoms with Gasteiger partial charge >= 0.3 is 0 Å². The molecule has 16 heavy (non-hydrogen) atoms. The summed E-state index contributed by atoms with van der Waals surface area (Å²) in [6.45, 7) is 15.3. The topological polar surface area (TPSA) is 15.3 Å². The maximum atomic E-state index is 3.48. The molecule has 1 saturated carbocycles. The van der Waals surface area contributed by atoms with Crippen molar-refractivity contribution in [3.05, 3.63) is 0 Å². The van der Waals surface area contributed by atoms with Gasteiger partial charge in [0.05, 0.1) is 0 Å². The summed E-state index contributed by atoms with van der Waals surface area (Å²) >= 11 is 0. The van der Waals surface area contributed by atoms with E-state index in [0.29, 0.717) is 5.41 Å². The lowest BCUT2D eigenvalue weighted by Gasteiger charge is -2.33. The van der Waals surface area contributed by atoms with Gasteiger partial charge in [0, 0.05) is 19.6 Å². The quantitative estimate of drug-likeness (QED) is 0.650. The fourth-order valence-corrected chi connectivity index (χ4v) is 2.34. The number of hydrogen-bond donors (Lipinski definition) is 1. The number of nitrogens with one attached hydrogen (secondary N) is 1. The van der Waals surface area contributed by atoms with Crippen molar-refractivity contribution >= 4 is 0 Å². The van der Waals surface area contributed by atoms with E-state index < -0.39 is 0 Å². The van der Waals surface area contributed by atoms with Gasteiger partial charge < -0.3 is 10.2 Å². The fourth-order valence-electron chi connectivity index (χ4n) is 2.34. The van der Waals surface area contributed by atoms with Crippen LogP contribution in [0, 0.1) is 11.3 Å². The predicted octanol–water partition coefficient (Wildman–Crippen LogP) is 2.74. The minimum atomic E-state index is 0.403. The summed E-state index contributed by atoms with van der Waals surface area (Å²) in [5, 5.41) is 3.48. The first-order valence-corrected chi connectivity index (χ1v) is 7.00. The average molecular weight is 226 g/mol. The molecule has 96 valence electrons. The first kappa shape index (κ1) is 14.0. The molecule has 1 rings (SSSR count). The minimum Gasteiger partial charge on any atom is -0.316 e. The molecule has 0 aromatic heterocycles. The lowest BCUT2D eigenvalue weighted by Crippen LogP contribution is -2.41. The Morgan fingerprint density at radius 1 is 1.25 bits per heavy atom. The molecule has 0 aliphatic heterocycles. The largest absolute Gasteiger partial charge is 0.316 e. The van der Waals surface area contributed by atoms with Crippen LogP contribution in [-0.4, -0.2) is 37.6 Å². The highest BCUT2D eigenvalue weighted by Gasteiger charge is 2.27. The molecule has 2 nitrogen and oxygen atoms in total. The molecule has 1 N–H and O–H groups in total. The summed E-state index contributed by atoms with van der Waals surface area (Å²) in [5.74, 6) is 1.02. The third-order valence-electron chi connectivity index (χ3n) is 3.26. The lowest BCUT2D eigenvalue weighted by atomic mass is 9.92. The standard InChI is InChI=1S/C14H30N2/c1-5-9-16(10-13-7-8-13)12-14(3,4)11-15-6-2/h13,15H,5-12H2,1-4H3. The van der Waals surface area contributed by atoms with Gasteiger partial charge in [0.1, 0.15) is 0 Å². The van der Waals surface area contributed by atoms with Crippen LogP contribution in [0.15, 0.2) is 0 Å². The molecule has 0 amide bonds. The maximum Gasteiger partial charge on any atom is 0.00449 e. The first-order chi connectivity index (χ1) is 7.57. The molecule has 0 saturated heterocycles. The summed E-state index contributed by atoms with van der Waals surface area (Å²) < 4.78 is 0. The van der Waals surface area contributed by atoms with Gasteiger partial charge in [-0.05, 0) is 43.7 Å². The molecule has 0 atom stereocenters. The fraction of sp³-hybridized carbons (Fsp3) is 1.00. The Kier molecular flexibility index (Phi) is 5.77. The van der Waals surface area contributed by atoms with Crippen molar-refractivity contribution in [2.24, 2.45) is 11.3 Å². The Morgan fingerprint density at radius 2 is 1.94 bits per heavy atom. The van der Waals surface area contributed by atoms with Crippen molar-refractivity contribution < 1.29 is 0 Å². The number of rotatable bonds is 9. The Balaban J connectivity index is 2.31. The van der Waals surface area contributed by atoms with Gasteiger partial charge in [0.15, 0.2) is 0 Å². The van der Waals surface area contributed by atoms with Gasteiger partial charge in [-0.2, -0.15) is 0 Å². The molecule has 2 heteroatoms. The third-order valence-corrected chi connectivity index (χ3v) is 3.26. The maximum absolute atomic E-state index is 3.48. The number of hydrogen-bond acceptors (Lipinski definition) is 2. The van der Waals surface area contributed by atoms with E-state index >= 15 is 0 Å². The van der Waals surface area contributed by atoms with Crippen molar-refractivity contribution in [2.45, 2.75) is 47.0 Å². The van der Waals surface area contributed by atoms with E-state index in [2.05, 4.69) is 37.9 Å². The third kappa shape index (κ3) is 5.86. The molecule has 1 fully saturated rings. The zero-order chi connectivity index (χ0) is 12.0. The molecule has 0 spiro atoms. The van der Waals surface area contributed by atoms with Crippen molar-refractivity contribution in [1.82, 2.24) is 10.2 Å². The van der Waals surface area contributed by atoms with E-state index in [-0.39, 0.29) is 0 Å². The first-order valence-electron chi connectivity index (χ1n) is 7.00. The monoisotopic (exact) mass is 226 g/mol.